The first kappa shape index (κ1) is 18.4. The van der Waals surface area contributed by atoms with Gasteiger partial charge in [-0.3, -0.25) is 9.69 Å². The molecule has 0 aliphatic carbocycles. The van der Waals surface area contributed by atoms with Crippen LogP contribution in [0.4, 0.5) is 0 Å². The normalized spacial score (nSPS) is 23.8. The fourth-order valence-electron chi connectivity index (χ4n) is 2.93. The largest absolute Gasteiger partial charge is 0.465 e. The Balaban J connectivity index is 2.69. The second-order valence-corrected chi connectivity index (χ2v) is 6.26. The highest BCUT2D eigenvalue weighted by atomic mass is 16.5. The highest BCUT2D eigenvalue weighted by Gasteiger charge is 2.37. The van der Waals surface area contributed by atoms with Gasteiger partial charge in [-0.15, -0.1) is 0 Å². The van der Waals surface area contributed by atoms with E-state index in [-0.39, 0.29) is 5.97 Å². The van der Waals surface area contributed by atoms with Crippen LogP contribution in [0.1, 0.15) is 40.5 Å². The van der Waals surface area contributed by atoms with Crippen LogP contribution in [0, 0.1) is 0 Å². The highest BCUT2D eigenvalue weighted by molar-refractivity contribution is 5.80. The van der Waals surface area contributed by atoms with Gasteiger partial charge in [0.05, 0.1) is 6.61 Å². The van der Waals surface area contributed by atoms with Crippen LogP contribution in [-0.2, 0) is 9.53 Å². The molecule has 0 saturated carbocycles. The van der Waals surface area contributed by atoms with Crippen molar-refractivity contribution in [3.63, 3.8) is 0 Å². The Morgan fingerprint density at radius 1 is 1.33 bits per heavy atom. The molecule has 5 nitrogen and oxygen atoms in total. The van der Waals surface area contributed by atoms with Crippen molar-refractivity contribution in [2.75, 3.05) is 46.4 Å². The summed E-state index contributed by atoms with van der Waals surface area (Å²) in [6, 6.07) is 0.580. The molecule has 1 N–H and O–H groups in total. The smallest absolute Gasteiger partial charge is 0.327 e. The standard InChI is InChI=1S/C16H33N3O2/c1-6-9-17-16(4,15(20)21-8-3)13-19-11-10-18(5)14(7-2)12-19/h14,17H,6-13H2,1-5H3. The van der Waals surface area contributed by atoms with Crippen molar-refractivity contribution in [2.24, 2.45) is 0 Å². The molecule has 1 rings (SSSR count). The minimum Gasteiger partial charge on any atom is -0.465 e. The predicted octanol–water partition coefficient (Wildman–Crippen LogP) is 1.33. The first-order valence-electron chi connectivity index (χ1n) is 8.31. The topological polar surface area (TPSA) is 44.8 Å². The Hall–Kier alpha value is -0.650. The summed E-state index contributed by atoms with van der Waals surface area (Å²) in [5, 5.41) is 3.39. The van der Waals surface area contributed by atoms with Gasteiger partial charge in [-0.25, -0.2) is 0 Å². The van der Waals surface area contributed by atoms with Crippen LogP contribution in [-0.4, -0.2) is 73.7 Å². The van der Waals surface area contributed by atoms with Gasteiger partial charge in [0.2, 0.25) is 0 Å². The number of carbonyl (C=O) groups excluding carboxylic acids is 1. The van der Waals surface area contributed by atoms with E-state index in [0.29, 0.717) is 12.6 Å². The summed E-state index contributed by atoms with van der Waals surface area (Å²) >= 11 is 0. The zero-order valence-electron chi connectivity index (χ0n) is 14.4. The monoisotopic (exact) mass is 299 g/mol. The molecule has 1 fully saturated rings. The lowest BCUT2D eigenvalue weighted by atomic mass is 9.99. The molecular formula is C16H33N3O2. The second-order valence-electron chi connectivity index (χ2n) is 6.26. The Bertz CT molecular complexity index is 325. The van der Waals surface area contributed by atoms with Gasteiger partial charge in [-0.1, -0.05) is 13.8 Å². The van der Waals surface area contributed by atoms with Crippen molar-refractivity contribution < 1.29 is 9.53 Å². The molecule has 1 aliphatic heterocycles. The number of carbonyl (C=O) groups is 1. The molecule has 0 aromatic heterocycles. The summed E-state index contributed by atoms with van der Waals surface area (Å²) in [7, 11) is 2.19. The van der Waals surface area contributed by atoms with Crippen LogP contribution < -0.4 is 5.32 Å². The van der Waals surface area contributed by atoms with E-state index in [1.807, 2.05) is 13.8 Å². The lowest BCUT2D eigenvalue weighted by molar-refractivity contribution is -0.151. The number of nitrogens with zero attached hydrogens (tertiary/aromatic N) is 2. The Kier molecular flexibility index (Phi) is 7.63. The Labute approximate surface area is 130 Å². The highest BCUT2D eigenvalue weighted by Crippen LogP contribution is 2.16. The van der Waals surface area contributed by atoms with Crippen LogP contribution in [0.2, 0.25) is 0 Å². The average Bonchev–Trinajstić information content (AvgIpc) is 2.47. The minimum absolute atomic E-state index is 0.134. The first-order chi connectivity index (χ1) is 9.96. The van der Waals surface area contributed by atoms with Crippen molar-refractivity contribution in [3.8, 4) is 0 Å². The molecule has 1 heterocycles. The molecule has 0 spiro atoms. The number of esters is 1. The molecule has 2 unspecified atom stereocenters. The number of likely N-dealkylation sites (N-methyl/N-ethyl adjacent to an activating group) is 1. The maximum atomic E-state index is 12.3. The molecule has 0 aromatic carbocycles. The summed E-state index contributed by atoms with van der Waals surface area (Å²) in [5.41, 5.74) is -0.611. The Morgan fingerprint density at radius 2 is 2.05 bits per heavy atom. The van der Waals surface area contributed by atoms with Crippen molar-refractivity contribution in [3.05, 3.63) is 0 Å². The van der Waals surface area contributed by atoms with Crippen LogP contribution in [0.15, 0.2) is 0 Å². The van der Waals surface area contributed by atoms with E-state index in [4.69, 9.17) is 4.74 Å². The van der Waals surface area contributed by atoms with E-state index in [1.54, 1.807) is 0 Å². The van der Waals surface area contributed by atoms with E-state index in [9.17, 15) is 4.79 Å². The number of piperazine rings is 1. The van der Waals surface area contributed by atoms with E-state index >= 15 is 0 Å². The third-order valence-corrected chi connectivity index (χ3v) is 4.36. The van der Waals surface area contributed by atoms with Crippen LogP contribution >= 0.6 is 0 Å². The molecule has 1 aliphatic rings. The van der Waals surface area contributed by atoms with E-state index < -0.39 is 5.54 Å². The number of rotatable bonds is 8. The van der Waals surface area contributed by atoms with Crippen molar-refractivity contribution in [1.82, 2.24) is 15.1 Å². The molecule has 0 amide bonds. The van der Waals surface area contributed by atoms with E-state index in [2.05, 4.69) is 36.0 Å². The van der Waals surface area contributed by atoms with Crippen molar-refractivity contribution >= 4 is 5.97 Å². The van der Waals surface area contributed by atoms with Crippen molar-refractivity contribution in [2.45, 2.75) is 52.1 Å². The zero-order chi connectivity index (χ0) is 15.9. The van der Waals surface area contributed by atoms with Gasteiger partial charge in [-0.2, -0.15) is 0 Å². The quantitative estimate of drug-likeness (QED) is 0.685. The van der Waals surface area contributed by atoms with Gasteiger partial charge in [0.1, 0.15) is 5.54 Å². The fraction of sp³-hybridized carbons (Fsp3) is 0.938. The average molecular weight is 299 g/mol. The van der Waals surface area contributed by atoms with Gasteiger partial charge in [0.25, 0.3) is 0 Å². The van der Waals surface area contributed by atoms with E-state index in [1.165, 1.54) is 0 Å². The number of nitrogens with one attached hydrogen (secondary N) is 1. The minimum atomic E-state index is -0.611. The van der Waals surface area contributed by atoms with Gasteiger partial charge in [0.15, 0.2) is 0 Å². The van der Waals surface area contributed by atoms with Gasteiger partial charge in [-0.05, 0) is 40.3 Å². The van der Waals surface area contributed by atoms with Gasteiger partial charge < -0.3 is 15.0 Å². The maximum absolute atomic E-state index is 12.3. The second kappa shape index (κ2) is 8.71. The van der Waals surface area contributed by atoms with Crippen molar-refractivity contribution in [1.29, 1.82) is 0 Å². The SMILES string of the molecule is CCCNC(C)(CN1CCN(C)C(CC)C1)C(=O)OCC. The molecule has 2 atom stereocenters. The predicted molar refractivity (Wildman–Crippen MR) is 86.5 cm³/mol. The number of hydrogen-bond acceptors (Lipinski definition) is 5. The lowest BCUT2D eigenvalue weighted by Crippen LogP contribution is -2.61. The summed E-state index contributed by atoms with van der Waals surface area (Å²) in [5.74, 6) is -0.134. The molecule has 0 bridgehead atoms. The molecule has 0 aromatic rings. The molecule has 0 radical (unpaired) electrons. The summed E-state index contributed by atoms with van der Waals surface area (Å²) < 4.78 is 5.28. The molecular weight excluding hydrogens is 266 g/mol. The molecule has 21 heavy (non-hydrogen) atoms. The third kappa shape index (κ3) is 5.24. The Morgan fingerprint density at radius 3 is 2.62 bits per heavy atom. The van der Waals surface area contributed by atoms with Crippen LogP contribution in [0.5, 0.6) is 0 Å². The first-order valence-corrected chi connectivity index (χ1v) is 8.31. The third-order valence-electron chi connectivity index (χ3n) is 4.36. The molecule has 124 valence electrons. The number of ether oxygens (including phenoxy) is 1. The van der Waals surface area contributed by atoms with Gasteiger partial charge in [0, 0.05) is 32.2 Å². The van der Waals surface area contributed by atoms with Crippen LogP contribution in [0.3, 0.4) is 0 Å². The number of hydrogen-bond donors (Lipinski definition) is 1. The summed E-state index contributed by atoms with van der Waals surface area (Å²) in [6.45, 7) is 13.3. The fourth-order valence-corrected chi connectivity index (χ4v) is 2.93. The summed E-state index contributed by atoms with van der Waals surface area (Å²) in [6.07, 6.45) is 2.15. The van der Waals surface area contributed by atoms with Gasteiger partial charge >= 0.3 is 5.97 Å². The molecule has 5 heteroatoms. The maximum Gasteiger partial charge on any atom is 0.327 e. The van der Waals surface area contributed by atoms with E-state index in [0.717, 1.165) is 45.6 Å². The lowest BCUT2D eigenvalue weighted by Gasteiger charge is -2.42. The zero-order valence-corrected chi connectivity index (χ0v) is 14.4. The van der Waals surface area contributed by atoms with Crippen LogP contribution in [0.25, 0.3) is 0 Å². The molecule has 1 saturated heterocycles. The summed E-state index contributed by atoms with van der Waals surface area (Å²) in [4.78, 5) is 17.1.